The largest absolute Gasteiger partial charge is 0.392 e. The van der Waals surface area contributed by atoms with Gasteiger partial charge in [0.2, 0.25) is 0 Å². The number of hydrogen-bond acceptors (Lipinski definition) is 4. The molecule has 1 amide bonds. The fourth-order valence-corrected chi connectivity index (χ4v) is 3.31. The molecule has 1 aliphatic heterocycles. The van der Waals surface area contributed by atoms with Crippen LogP contribution in [0.15, 0.2) is 36.4 Å². The highest BCUT2D eigenvalue weighted by molar-refractivity contribution is 5.92. The summed E-state index contributed by atoms with van der Waals surface area (Å²) in [6, 6.07) is 12.1. The molecule has 2 heterocycles. The first-order chi connectivity index (χ1) is 11.5. The van der Waals surface area contributed by atoms with Crippen molar-refractivity contribution in [2.24, 2.45) is 7.05 Å². The maximum atomic E-state index is 12.3. The second-order valence-electron chi connectivity index (χ2n) is 6.46. The van der Waals surface area contributed by atoms with E-state index < -0.39 is 0 Å². The number of nitrogens with one attached hydrogen (secondary N) is 1. The van der Waals surface area contributed by atoms with E-state index in [-0.39, 0.29) is 18.1 Å². The molecule has 3 rings (SSSR count). The molecule has 1 fully saturated rings. The van der Waals surface area contributed by atoms with Gasteiger partial charge in [0, 0.05) is 32.7 Å². The number of aryl methyl sites for hydroxylation is 2. The molecule has 0 spiro atoms. The smallest absolute Gasteiger partial charge is 0.269 e. The highest BCUT2D eigenvalue weighted by Crippen LogP contribution is 2.20. The third kappa shape index (κ3) is 3.83. The first-order valence-electron chi connectivity index (χ1n) is 8.28. The molecule has 6 heteroatoms. The number of aromatic nitrogens is 2. The van der Waals surface area contributed by atoms with Gasteiger partial charge in [0.05, 0.1) is 11.8 Å². The van der Waals surface area contributed by atoms with E-state index >= 15 is 0 Å². The Bertz CT molecular complexity index is 698. The summed E-state index contributed by atoms with van der Waals surface area (Å²) in [6.07, 6.45) is 0.340. The monoisotopic (exact) mass is 328 g/mol. The van der Waals surface area contributed by atoms with E-state index in [9.17, 15) is 9.90 Å². The summed E-state index contributed by atoms with van der Waals surface area (Å²) in [5, 5.41) is 17.2. The minimum absolute atomic E-state index is 0.126. The van der Waals surface area contributed by atoms with E-state index in [0.29, 0.717) is 25.2 Å². The highest BCUT2D eigenvalue weighted by atomic mass is 16.3. The Kier molecular flexibility index (Phi) is 4.97. The van der Waals surface area contributed by atoms with Crippen LogP contribution >= 0.6 is 0 Å². The molecule has 1 saturated heterocycles. The topological polar surface area (TPSA) is 70.4 Å². The average Bonchev–Trinajstić information content (AvgIpc) is 3.07. The quantitative estimate of drug-likeness (QED) is 0.862. The summed E-state index contributed by atoms with van der Waals surface area (Å²) in [5.41, 5.74) is 2.59. The van der Waals surface area contributed by atoms with Crippen LogP contribution in [-0.2, 0) is 13.6 Å². The SMILES string of the molecule is Cc1cc(C(=O)NC[C@@H]2C[C@@H](O)CN2Cc2ccccc2)n(C)n1. The zero-order chi connectivity index (χ0) is 17.1. The van der Waals surface area contributed by atoms with Gasteiger partial charge in [-0.05, 0) is 25.0 Å². The summed E-state index contributed by atoms with van der Waals surface area (Å²) < 4.78 is 1.59. The summed E-state index contributed by atoms with van der Waals surface area (Å²) >= 11 is 0. The molecule has 0 radical (unpaired) electrons. The first-order valence-corrected chi connectivity index (χ1v) is 8.28. The van der Waals surface area contributed by atoms with E-state index in [1.54, 1.807) is 17.8 Å². The molecule has 24 heavy (non-hydrogen) atoms. The number of likely N-dealkylation sites (tertiary alicyclic amines) is 1. The Hall–Kier alpha value is -2.18. The number of carbonyl (C=O) groups is 1. The van der Waals surface area contributed by atoms with Crippen LogP contribution in [0.3, 0.4) is 0 Å². The van der Waals surface area contributed by atoms with Gasteiger partial charge in [0.1, 0.15) is 5.69 Å². The van der Waals surface area contributed by atoms with Crippen molar-refractivity contribution in [1.29, 1.82) is 0 Å². The Morgan fingerprint density at radius 3 is 2.79 bits per heavy atom. The van der Waals surface area contributed by atoms with Gasteiger partial charge in [0.15, 0.2) is 0 Å². The van der Waals surface area contributed by atoms with E-state index in [1.807, 2.05) is 25.1 Å². The maximum absolute atomic E-state index is 12.3. The van der Waals surface area contributed by atoms with Crippen molar-refractivity contribution in [1.82, 2.24) is 20.0 Å². The Labute approximate surface area is 142 Å². The lowest BCUT2D eigenvalue weighted by Crippen LogP contribution is -2.40. The van der Waals surface area contributed by atoms with Crippen LogP contribution in [0.2, 0.25) is 0 Å². The van der Waals surface area contributed by atoms with Gasteiger partial charge in [-0.1, -0.05) is 30.3 Å². The van der Waals surface area contributed by atoms with Gasteiger partial charge in [-0.15, -0.1) is 0 Å². The molecule has 6 nitrogen and oxygen atoms in total. The number of amides is 1. The van der Waals surface area contributed by atoms with E-state index in [4.69, 9.17) is 0 Å². The van der Waals surface area contributed by atoms with Gasteiger partial charge in [-0.3, -0.25) is 14.4 Å². The van der Waals surface area contributed by atoms with Crippen molar-refractivity contribution in [2.45, 2.75) is 32.0 Å². The second kappa shape index (κ2) is 7.15. The van der Waals surface area contributed by atoms with Crippen LogP contribution < -0.4 is 5.32 Å². The molecular formula is C18H24N4O2. The molecule has 1 aromatic heterocycles. The first kappa shape index (κ1) is 16.7. The third-order valence-corrected chi connectivity index (χ3v) is 4.47. The maximum Gasteiger partial charge on any atom is 0.269 e. The summed E-state index contributed by atoms with van der Waals surface area (Å²) in [6.45, 7) is 3.81. The van der Waals surface area contributed by atoms with Crippen molar-refractivity contribution >= 4 is 5.91 Å². The van der Waals surface area contributed by atoms with Gasteiger partial charge >= 0.3 is 0 Å². The number of carbonyl (C=O) groups excluding carboxylic acids is 1. The van der Waals surface area contributed by atoms with Gasteiger partial charge in [-0.2, -0.15) is 5.10 Å². The molecule has 0 saturated carbocycles. The van der Waals surface area contributed by atoms with Crippen LogP contribution in [0.1, 0.15) is 28.2 Å². The van der Waals surface area contributed by atoms with E-state index in [2.05, 4.69) is 27.4 Å². The summed E-state index contributed by atoms with van der Waals surface area (Å²) in [7, 11) is 1.77. The number of hydrogen-bond donors (Lipinski definition) is 2. The fraction of sp³-hybridized carbons (Fsp3) is 0.444. The lowest BCUT2D eigenvalue weighted by molar-refractivity contribution is 0.0930. The molecule has 2 aromatic rings. The summed E-state index contributed by atoms with van der Waals surface area (Å²) in [4.78, 5) is 14.6. The van der Waals surface area contributed by atoms with Gasteiger partial charge in [-0.25, -0.2) is 0 Å². The molecule has 2 atom stereocenters. The number of aliphatic hydroxyl groups is 1. The van der Waals surface area contributed by atoms with Crippen molar-refractivity contribution in [3.63, 3.8) is 0 Å². The number of rotatable bonds is 5. The Balaban J connectivity index is 1.60. The molecule has 2 N–H and O–H groups in total. The van der Waals surface area contributed by atoms with Crippen molar-refractivity contribution < 1.29 is 9.90 Å². The van der Waals surface area contributed by atoms with Crippen molar-refractivity contribution in [3.8, 4) is 0 Å². The Morgan fingerprint density at radius 1 is 1.38 bits per heavy atom. The zero-order valence-electron chi connectivity index (χ0n) is 14.1. The predicted octanol–water partition coefficient (Wildman–Crippen LogP) is 1.09. The van der Waals surface area contributed by atoms with Gasteiger partial charge in [0.25, 0.3) is 5.91 Å². The molecule has 128 valence electrons. The lowest BCUT2D eigenvalue weighted by Gasteiger charge is -2.24. The number of benzene rings is 1. The van der Waals surface area contributed by atoms with E-state index in [0.717, 1.165) is 12.2 Å². The van der Waals surface area contributed by atoms with Gasteiger partial charge < -0.3 is 10.4 Å². The minimum Gasteiger partial charge on any atom is -0.392 e. The normalized spacial score (nSPS) is 21.1. The van der Waals surface area contributed by atoms with Crippen LogP contribution in [0, 0.1) is 6.92 Å². The molecule has 0 unspecified atom stereocenters. The standard InChI is InChI=1S/C18H24N4O2/c1-13-8-17(21(2)20-13)18(24)19-10-15-9-16(23)12-22(15)11-14-6-4-3-5-7-14/h3-8,15-16,23H,9-12H2,1-2H3,(H,19,24)/t15-,16+/m0/s1. The summed E-state index contributed by atoms with van der Waals surface area (Å²) in [5.74, 6) is -0.126. The lowest BCUT2D eigenvalue weighted by atomic mass is 10.1. The van der Waals surface area contributed by atoms with Crippen LogP contribution in [0.4, 0.5) is 0 Å². The van der Waals surface area contributed by atoms with Crippen molar-refractivity contribution in [3.05, 3.63) is 53.3 Å². The number of aliphatic hydroxyl groups excluding tert-OH is 1. The van der Waals surface area contributed by atoms with Crippen LogP contribution in [0.5, 0.6) is 0 Å². The second-order valence-corrected chi connectivity index (χ2v) is 6.46. The third-order valence-electron chi connectivity index (χ3n) is 4.47. The molecule has 0 bridgehead atoms. The number of nitrogens with zero attached hydrogens (tertiary/aromatic N) is 3. The van der Waals surface area contributed by atoms with Crippen molar-refractivity contribution in [2.75, 3.05) is 13.1 Å². The van der Waals surface area contributed by atoms with Crippen LogP contribution in [0.25, 0.3) is 0 Å². The highest BCUT2D eigenvalue weighted by Gasteiger charge is 2.31. The zero-order valence-corrected chi connectivity index (χ0v) is 14.1. The Morgan fingerprint density at radius 2 is 2.12 bits per heavy atom. The van der Waals surface area contributed by atoms with Crippen LogP contribution in [-0.4, -0.2) is 50.9 Å². The molecule has 1 aromatic carbocycles. The molecule has 1 aliphatic rings. The minimum atomic E-state index is -0.338. The molecular weight excluding hydrogens is 304 g/mol. The molecule has 0 aliphatic carbocycles. The fourth-order valence-electron chi connectivity index (χ4n) is 3.31. The van der Waals surface area contributed by atoms with E-state index in [1.165, 1.54) is 5.56 Å². The predicted molar refractivity (Wildman–Crippen MR) is 91.5 cm³/mol. The number of β-amino-alcohol motifs (C(OH)–C–C–N with tert-alkyl or cyclic N) is 1. The average molecular weight is 328 g/mol.